The van der Waals surface area contributed by atoms with Crippen LogP contribution in [0.25, 0.3) is 11.1 Å². The fourth-order valence-electron chi connectivity index (χ4n) is 3.13. The molecule has 0 radical (unpaired) electrons. The van der Waals surface area contributed by atoms with Crippen LogP contribution in [0.15, 0.2) is 42.6 Å². The Morgan fingerprint density at radius 2 is 1.86 bits per heavy atom. The summed E-state index contributed by atoms with van der Waals surface area (Å²) in [6, 6.07) is 6.83. The zero-order valence-electron chi connectivity index (χ0n) is 14.4. The Morgan fingerprint density at radius 3 is 2.61 bits per heavy atom. The fraction of sp³-hybridized carbons (Fsp3) is 0.158. The van der Waals surface area contributed by atoms with Gasteiger partial charge in [-0.15, -0.1) is 0 Å². The second-order valence-electron chi connectivity index (χ2n) is 6.33. The van der Waals surface area contributed by atoms with E-state index in [-0.39, 0.29) is 17.1 Å². The maximum atomic E-state index is 14.2. The van der Waals surface area contributed by atoms with Crippen molar-refractivity contribution in [1.82, 2.24) is 14.7 Å². The van der Waals surface area contributed by atoms with Crippen molar-refractivity contribution in [2.24, 2.45) is 0 Å². The van der Waals surface area contributed by atoms with E-state index in [0.717, 1.165) is 6.07 Å². The van der Waals surface area contributed by atoms with Gasteiger partial charge >= 0.3 is 6.03 Å². The summed E-state index contributed by atoms with van der Waals surface area (Å²) in [5, 5.41) is 6.80. The summed E-state index contributed by atoms with van der Waals surface area (Å²) in [5.74, 6) is -1.94. The molecule has 0 unspecified atom stereocenters. The zero-order valence-corrected chi connectivity index (χ0v) is 15.2. The molecule has 2 heterocycles. The van der Waals surface area contributed by atoms with Crippen LogP contribution < -0.4 is 5.32 Å². The standard InChI is InChI=1S/C19H14ClF3N4O/c20-15-8-12(2-4-16(15)22)25-19(28)26-5-6-27-18(10-26)14(9-24-27)13-3-1-11(21)7-17(13)23/h1-4,7-9H,5-6,10H2,(H,25,28). The van der Waals surface area contributed by atoms with E-state index in [4.69, 9.17) is 11.6 Å². The largest absolute Gasteiger partial charge is 0.322 e. The zero-order chi connectivity index (χ0) is 19.8. The summed E-state index contributed by atoms with van der Waals surface area (Å²) in [5.41, 5.74) is 1.72. The summed E-state index contributed by atoms with van der Waals surface area (Å²) in [6.45, 7) is 1.00. The van der Waals surface area contributed by atoms with Crippen molar-refractivity contribution >= 4 is 23.3 Å². The molecule has 0 saturated carbocycles. The molecule has 1 aliphatic rings. The number of urea groups is 1. The first kappa shape index (κ1) is 18.4. The predicted octanol–water partition coefficient (Wildman–Crippen LogP) is 4.67. The van der Waals surface area contributed by atoms with Crippen molar-refractivity contribution in [1.29, 1.82) is 0 Å². The number of hydrogen-bond donors (Lipinski definition) is 1. The number of halogens is 4. The minimum absolute atomic E-state index is 0.0939. The molecule has 5 nitrogen and oxygen atoms in total. The highest BCUT2D eigenvalue weighted by Gasteiger charge is 2.25. The normalized spacial score (nSPS) is 13.4. The number of rotatable bonds is 2. The number of nitrogens with zero attached hydrogens (tertiary/aromatic N) is 3. The van der Waals surface area contributed by atoms with Gasteiger partial charge in [0.25, 0.3) is 0 Å². The first-order valence-electron chi connectivity index (χ1n) is 8.43. The summed E-state index contributed by atoms with van der Waals surface area (Å²) in [6.07, 6.45) is 1.51. The quantitative estimate of drug-likeness (QED) is 0.672. The number of benzene rings is 2. The van der Waals surface area contributed by atoms with Crippen LogP contribution in [0.2, 0.25) is 5.02 Å². The Balaban J connectivity index is 1.56. The lowest BCUT2D eigenvalue weighted by Crippen LogP contribution is -2.41. The van der Waals surface area contributed by atoms with Gasteiger partial charge in [-0.05, 0) is 30.3 Å². The second kappa shape index (κ2) is 7.20. The Hall–Kier alpha value is -3.00. The first-order chi connectivity index (χ1) is 13.4. The number of anilines is 1. The number of aromatic nitrogens is 2. The molecule has 0 aliphatic carbocycles. The third-order valence-electron chi connectivity index (χ3n) is 4.55. The van der Waals surface area contributed by atoms with Gasteiger partial charge in [-0.25, -0.2) is 18.0 Å². The van der Waals surface area contributed by atoms with E-state index < -0.39 is 23.5 Å². The van der Waals surface area contributed by atoms with Gasteiger partial charge in [0, 0.05) is 29.4 Å². The molecular weight excluding hydrogens is 393 g/mol. The summed E-state index contributed by atoms with van der Waals surface area (Å²) in [7, 11) is 0. The molecule has 1 aromatic heterocycles. The van der Waals surface area contributed by atoms with E-state index in [1.807, 2.05) is 0 Å². The van der Waals surface area contributed by atoms with Crippen LogP contribution in [0.4, 0.5) is 23.7 Å². The molecule has 9 heteroatoms. The molecule has 144 valence electrons. The Bertz CT molecular complexity index is 1070. The summed E-state index contributed by atoms with van der Waals surface area (Å²) in [4.78, 5) is 14.1. The highest BCUT2D eigenvalue weighted by Crippen LogP contribution is 2.29. The van der Waals surface area contributed by atoms with E-state index in [2.05, 4.69) is 10.4 Å². The molecular formula is C19H14ClF3N4O. The van der Waals surface area contributed by atoms with Gasteiger partial charge in [-0.2, -0.15) is 5.10 Å². The lowest BCUT2D eigenvalue weighted by Gasteiger charge is -2.28. The summed E-state index contributed by atoms with van der Waals surface area (Å²) < 4.78 is 42.3. The minimum atomic E-state index is -0.696. The van der Waals surface area contributed by atoms with Crippen molar-refractivity contribution in [2.45, 2.75) is 13.1 Å². The van der Waals surface area contributed by atoms with Crippen LogP contribution >= 0.6 is 11.6 Å². The van der Waals surface area contributed by atoms with E-state index in [1.54, 1.807) is 4.68 Å². The van der Waals surface area contributed by atoms with Gasteiger partial charge < -0.3 is 10.2 Å². The number of carbonyl (C=O) groups excluding carboxylic acids is 1. The van der Waals surface area contributed by atoms with Gasteiger partial charge in [-0.1, -0.05) is 11.6 Å². The number of amides is 2. The molecule has 0 atom stereocenters. The molecule has 0 saturated heterocycles. The van der Waals surface area contributed by atoms with Gasteiger partial charge in [-0.3, -0.25) is 4.68 Å². The lowest BCUT2D eigenvalue weighted by atomic mass is 10.0. The van der Waals surface area contributed by atoms with E-state index in [1.165, 1.54) is 41.4 Å². The fourth-order valence-corrected chi connectivity index (χ4v) is 3.31. The Kier molecular flexibility index (Phi) is 4.72. The van der Waals surface area contributed by atoms with Crippen molar-refractivity contribution in [3.63, 3.8) is 0 Å². The maximum absolute atomic E-state index is 14.2. The van der Waals surface area contributed by atoms with Crippen LogP contribution in [0, 0.1) is 17.5 Å². The van der Waals surface area contributed by atoms with Gasteiger partial charge in [0.15, 0.2) is 0 Å². The maximum Gasteiger partial charge on any atom is 0.322 e. The number of carbonyl (C=O) groups is 1. The second-order valence-corrected chi connectivity index (χ2v) is 6.74. The van der Waals surface area contributed by atoms with Gasteiger partial charge in [0.05, 0.1) is 30.0 Å². The molecule has 4 rings (SSSR count). The average Bonchev–Trinajstić information content (AvgIpc) is 3.08. The third kappa shape index (κ3) is 3.43. The number of hydrogen-bond acceptors (Lipinski definition) is 2. The van der Waals surface area contributed by atoms with Crippen molar-refractivity contribution in [3.8, 4) is 11.1 Å². The molecule has 0 fully saturated rings. The topological polar surface area (TPSA) is 50.2 Å². The van der Waals surface area contributed by atoms with Crippen molar-refractivity contribution in [3.05, 3.63) is 70.8 Å². The molecule has 3 aromatic rings. The summed E-state index contributed by atoms with van der Waals surface area (Å²) >= 11 is 5.74. The first-order valence-corrected chi connectivity index (χ1v) is 8.81. The number of nitrogens with one attached hydrogen (secondary N) is 1. The average molecular weight is 407 g/mol. The molecule has 1 aliphatic heterocycles. The monoisotopic (exact) mass is 406 g/mol. The van der Waals surface area contributed by atoms with Crippen LogP contribution in [0.3, 0.4) is 0 Å². The lowest BCUT2D eigenvalue weighted by molar-refractivity contribution is 0.194. The molecule has 2 aromatic carbocycles. The molecule has 0 spiro atoms. The Labute approximate surface area is 163 Å². The SMILES string of the molecule is O=C(Nc1ccc(F)c(Cl)c1)N1CCn2ncc(-c3ccc(F)cc3F)c2C1. The molecule has 2 amide bonds. The van der Waals surface area contributed by atoms with Crippen molar-refractivity contribution in [2.75, 3.05) is 11.9 Å². The number of fused-ring (bicyclic) bond motifs is 1. The van der Waals surface area contributed by atoms with Crippen LogP contribution in [0.5, 0.6) is 0 Å². The predicted molar refractivity (Wildman–Crippen MR) is 98.4 cm³/mol. The molecule has 0 bridgehead atoms. The van der Waals surface area contributed by atoms with E-state index >= 15 is 0 Å². The van der Waals surface area contributed by atoms with Crippen molar-refractivity contribution < 1.29 is 18.0 Å². The Morgan fingerprint density at radius 1 is 1.04 bits per heavy atom. The highest BCUT2D eigenvalue weighted by atomic mass is 35.5. The van der Waals surface area contributed by atoms with Crippen LogP contribution in [-0.4, -0.2) is 27.3 Å². The van der Waals surface area contributed by atoms with Crippen LogP contribution in [0.1, 0.15) is 5.69 Å². The van der Waals surface area contributed by atoms with Gasteiger partial charge in [0.2, 0.25) is 0 Å². The van der Waals surface area contributed by atoms with E-state index in [9.17, 15) is 18.0 Å². The molecule has 1 N–H and O–H groups in total. The smallest absolute Gasteiger partial charge is 0.317 e. The minimum Gasteiger partial charge on any atom is -0.317 e. The van der Waals surface area contributed by atoms with Crippen LogP contribution in [-0.2, 0) is 13.1 Å². The third-order valence-corrected chi connectivity index (χ3v) is 4.84. The highest BCUT2D eigenvalue weighted by molar-refractivity contribution is 6.31. The van der Waals surface area contributed by atoms with E-state index in [0.29, 0.717) is 30.0 Å². The molecule has 28 heavy (non-hydrogen) atoms. The van der Waals surface area contributed by atoms with Gasteiger partial charge in [0.1, 0.15) is 17.5 Å².